The Labute approximate surface area is 116 Å². The highest BCUT2D eigenvalue weighted by molar-refractivity contribution is 7.13. The van der Waals surface area contributed by atoms with Gasteiger partial charge in [-0.3, -0.25) is 4.79 Å². The minimum atomic E-state index is -0.490. The van der Waals surface area contributed by atoms with E-state index < -0.39 is 12.0 Å². The smallest absolute Gasteiger partial charge is 0.357 e. The topological polar surface area (TPSA) is 80.3 Å². The molecule has 106 valence electrons. The zero-order valence-electron chi connectivity index (χ0n) is 11.7. The quantitative estimate of drug-likeness (QED) is 0.822. The van der Waals surface area contributed by atoms with Gasteiger partial charge in [-0.15, -0.1) is 11.3 Å². The Morgan fingerprint density at radius 1 is 1.42 bits per heavy atom. The summed E-state index contributed by atoms with van der Waals surface area (Å²) in [5.74, 6) is -0.613. The number of carbonyl (C=O) groups excluding carboxylic acids is 2. The molecule has 0 aromatic carbocycles. The monoisotopic (exact) mass is 285 g/mol. The number of aromatic nitrogens is 1. The maximum Gasteiger partial charge on any atom is 0.357 e. The van der Waals surface area contributed by atoms with E-state index in [2.05, 4.69) is 20.4 Å². The van der Waals surface area contributed by atoms with Crippen molar-refractivity contribution in [3.05, 3.63) is 11.1 Å². The van der Waals surface area contributed by atoms with Crippen molar-refractivity contribution in [3.8, 4) is 0 Å². The van der Waals surface area contributed by atoms with Crippen molar-refractivity contribution in [2.45, 2.75) is 39.3 Å². The van der Waals surface area contributed by atoms with Crippen LogP contribution in [0.25, 0.3) is 0 Å². The Balaban J connectivity index is 2.62. The van der Waals surface area contributed by atoms with Gasteiger partial charge in [0.15, 0.2) is 10.8 Å². The molecule has 19 heavy (non-hydrogen) atoms. The van der Waals surface area contributed by atoms with E-state index in [0.29, 0.717) is 5.13 Å². The minimum absolute atomic E-state index is 0.123. The lowest BCUT2D eigenvalue weighted by atomic mass is 10.1. The van der Waals surface area contributed by atoms with Gasteiger partial charge in [0.2, 0.25) is 5.91 Å². The van der Waals surface area contributed by atoms with Gasteiger partial charge in [-0.05, 0) is 27.7 Å². The summed E-state index contributed by atoms with van der Waals surface area (Å²) in [6.07, 6.45) is 0. The number of nitrogens with one attached hydrogen (secondary N) is 2. The summed E-state index contributed by atoms with van der Waals surface area (Å²) in [6.45, 7) is 7.48. The molecule has 0 bridgehead atoms. The summed E-state index contributed by atoms with van der Waals surface area (Å²) >= 11 is 1.25. The summed E-state index contributed by atoms with van der Waals surface area (Å²) in [4.78, 5) is 27.2. The maximum atomic E-state index is 11.9. The average molecular weight is 285 g/mol. The Bertz CT molecular complexity index is 465. The molecule has 1 aromatic heterocycles. The van der Waals surface area contributed by atoms with Gasteiger partial charge >= 0.3 is 5.97 Å². The number of rotatable bonds is 4. The van der Waals surface area contributed by atoms with Gasteiger partial charge in [-0.25, -0.2) is 9.78 Å². The minimum Gasteiger partial charge on any atom is -0.464 e. The summed E-state index contributed by atoms with van der Waals surface area (Å²) in [5.41, 5.74) is -0.0500. The molecule has 1 aromatic rings. The van der Waals surface area contributed by atoms with Crippen LogP contribution in [0.1, 0.15) is 38.2 Å². The lowest BCUT2D eigenvalue weighted by Crippen LogP contribution is -2.47. The van der Waals surface area contributed by atoms with Crippen molar-refractivity contribution >= 4 is 28.3 Å². The maximum absolute atomic E-state index is 11.9. The first-order valence-corrected chi connectivity index (χ1v) is 6.73. The molecule has 6 nitrogen and oxygen atoms in total. The van der Waals surface area contributed by atoms with E-state index in [1.165, 1.54) is 18.4 Å². The number of anilines is 1. The third-order valence-electron chi connectivity index (χ3n) is 2.13. The van der Waals surface area contributed by atoms with Gasteiger partial charge in [0.05, 0.1) is 7.11 Å². The molecule has 0 fully saturated rings. The number of methoxy groups -OCH3 is 1. The fourth-order valence-corrected chi connectivity index (χ4v) is 2.04. The lowest BCUT2D eigenvalue weighted by Gasteiger charge is -2.23. The van der Waals surface area contributed by atoms with Crippen LogP contribution in [0.4, 0.5) is 5.13 Å². The van der Waals surface area contributed by atoms with Gasteiger partial charge in [0.1, 0.15) is 6.04 Å². The fourth-order valence-electron chi connectivity index (χ4n) is 1.27. The zero-order chi connectivity index (χ0) is 14.6. The molecule has 1 rings (SSSR count). The molecule has 0 radical (unpaired) electrons. The van der Waals surface area contributed by atoms with E-state index >= 15 is 0 Å². The van der Waals surface area contributed by atoms with Crippen LogP contribution in [-0.4, -0.2) is 35.6 Å². The number of hydrogen-bond donors (Lipinski definition) is 2. The molecular weight excluding hydrogens is 266 g/mol. The van der Waals surface area contributed by atoms with E-state index in [1.54, 1.807) is 12.3 Å². The molecular formula is C12H19N3O3S. The average Bonchev–Trinajstić information content (AvgIpc) is 2.74. The van der Waals surface area contributed by atoms with Gasteiger partial charge in [0, 0.05) is 10.9 Å². The molecule has 2 N–H and O–H groups in total. The largest absolute Gasteiger partial charge is 0.464 e. The lowest BCUT2D eigenvalue weighted by molar-refractivity contribution is -0.122. The second-order valence-corrected chi connectivity index (χ2v) is 5.99. The third-order valence-corrected chi connectivity index (χ3v) is 2.90. The molecule has 0 saturated carbocycles. The number of esters is 1. The van der Waals surface area contributed by atoms with Gasteiger partial charge < -0.3 is 15.4 Å². The molecule has 0 aliphatic rings. The van der Waals surface area contributed by atoms with Gasteiger partial charge in [-0.2, -0.15) is 0 Å². The van der Waals surface area contributed by atoms with E-state index in [-0.39, 0.29) is 17.1 Å². The summed E-state index contributed by atoms with van der Waals surface area (Å²) < 4.78 is 4.57. The van der Waals surface area contributed by atoms with Crippen LogP contribution in [0, 0.1) is 0 Å². The fraction of sp³-hybridized carbons (Fsp3) is 0.583. The van der Waals surface area contributed by atoms with Crippen LogP contribution in [0.3, 0.4) is 0 Å². The normalized spacial score (nSPS) is 12.7. The van der Waals surface area contributed by atoms with Crippen LogP contribution < -0.4 is 10.6 Å². The molecule has 1 atom stereocenters. The van der Waals surface area contributed by atoms with Crippen molar-refractivity contribution in [1.29, 1.82) is 0 Å². The highest BCUT2D eigenvalue weighted by Gasteiger charge is 2.20. The molecule has 0 aliphatic heterocycles. The van der Waals surface area contributed by atoms with E-state index in [0.717, 1.165) is 0 Å². The highest BCUT2D eigenvalue weighted by atomic mass is 32.1. The number of hydrogen-bond acceptors (Lipinski definition) is 6. The van der Waals surface area contributed by atoms with Crippen molar-refractivity contribution in [3.63, 3.8) is 0 Å². The van der Waals surface area contributed by atoms with Crippen LogP contribution >= 0.6 is 11.3 Å². The van der Waals surface area contributed by atoms with E-state index in [4.69, 9.17) is 0 Å². The second-order valence-electron chi connectivity index (χ2n) is 5.13. The third kappa shape index (κ3) is 4.86. The van der Waals surface area contributed by atoms with Crippen molar-refractivity contribution in [1.82, 2.24) is 10.3 Å². The second kappa shape index (κ2) is 6.01. The summed E-state index contributed by atoms with van der Waals surface area (Å²) in [5, 5.41) is 7.91. The molecule has 0 spiro atoms. The summed E-state index contributed by atoms with van der Waals surface area (Å²) in [6, 6.07) is -0.434. The highest BCUT2D eigenvalue weighted by Crippen LogP contribution is 2.17. The Morgan fingerprint density at radius 3 is 2.58 bits per heavy atom. The van der Waals surface area contributed by atoms with Gasteiger partial charge in [-0.1, -0.05) is 0 Å². The van der Waals surface area contributed by atoms with Crippen molar-refractivity contribution < 1.29 is 14.3 Å². The first-order chi connectivity index (χ1) is 8.73. The van der Waals surface area contributed by atoms with Crippen LogP contribution in [0.5, 0.6) is 0 Å². The number of ether oxygens (including phenoxy) is 1. The zero-order valence-corrected chi connectivity index (χ0v) is 12.6. The molecule has 1 heterocycles. The van der Waals surface area contributed by atoms with Crippen molar-refractivity contribution in [2.24, 2.45) is 0 Å². The standard InChI is InChI=1S/C12H19N3O3S/c1-7(9(16)15-12(2,3)4)13-11-14-8(6-19-11)10(17)18-5/h6-7H,1-5H3,(H,13,14)(H,15,16). The number of amides is 1. The first kappa shape index (κ1) is 15.4. The van der Waals surface area contributed by atoms with Crippen LogP contribution in [0.15, 0.2) is 5.38 Å². The van der Waals surface area contributed by atoms with E-state index in [9.17, 15) is 9.59 Å². The predicted octanol–water partition coefficient (Wildman–Crippen LogP) is 1.64. The number of thiazole rings is 1. The molecule has 1 amide bonds. The van der Waals surface area contributed by atoms with E-state index in [1.807, 2.05) is 20.8 Å². The molecule has 0 aliphatic carbocycles. The Kier molecular flexibility index (Phi) is 4.88. The van der Waals surface area contributed by atoms with Gasteiger partial charge in [0.25, 0.3) is 0 Å². The molecule has 1 unspecified atom stereocenters. The SMILES string of the molecule is COC(=O)c1csc(NC(C)C(=O)NC(C)(C)C)n1. The van der Waals surface area contributed by atoms with Crippen LogP contribution in [-0.2, 0) is 9.53 Å². The Morgan fingerprint density at radius 2 is 2.05 bits per heavy atom. The molecule has 7 heteroatoms. The molecule has 0 saturated heterocycles. The first-order valence-electron chi connectivity index (χ1n) is 5.85. The van der Waals surface area contributed by atoms with Crippen LogP contribution in [0.2, 0.25) is 0 Å². The number of carbonyl (C=O) groups is 2. The van der Waals surface area contributed by atoms with Crippen molar-refractivity contribution in [2.75, 3.05) is 12.4 Å². The Hall–Kier alpha value is -1.63. The predicted molar refractivity (Wildman–Crippen MR) is 74.4 cm³/mol. The number of nitrogens with zero attached hydrogens (tertiary/aromatic N) is 1. The summed E-state index contributed by atoms with van der Waals surface area (Å²) in [7, 11) is 1.30.